The number of nitrogens with one attached hydrogen (secondary N) is 1. The van der Waals surface area contributed by atoms with Crippen molar-refractivity contribution in [3.05, 3.63) is 28.7 Å². The fourth-order valence-electron chi connectivity index (χ4n) is 1.89. The molecular formula is C11H13N3O2S. The summed E-state index contributed by atoms with van der Waals surface area (Å²) in [6, 6.07) is 5.40. The average Bonchev–Trinajstić information content (AvgIpc) is 2.63. The number of imidazole rings is 1. The van der Waals surface area contributed by atoms with Crippen molar-refractivity contribution in [3.63, 3.8) is 0 Å². The normalized spacial score (nSPS) is 11.1. The fraction of sp³-hybridized carbons (Fsp3) is 0.273. The van der Waals surface area contributed by atoms with Gasteiger partial charge >= 0.3 is 5.69 Å². The first-order chi connectivity index (χ1) is 8.06. The zero-order chi connectivity index (χ0) is 12.6. The number of aromatic amines is 1. The molecule has 1 N–H and O–H groups in total. The van der Waals surface area contributed by atoms with Crippen LogP contribution in [-0.2, 0) is 4.79 Å². The van der Waals surface area contributed by atoms with Crippen LogP contribution >= 0.6 is 12.8 Å². The Hall–Kier alpha value is -1.69. The summed E-state index contributed by atoms with van der Waals surface area (Å²) in [7, 11) is 0. The first-order valence-electron chi connectivity index (χ1n) is 5.23. The van der Waals surface area contributed by atoms with Gasteiger partial charge in [-0.3, -0.25) is 13.7 Å². The van der Waals surface area contributed by atoms with E-state index in [0.29, 0.717) is 17.6 Å². The van der Waals surface area contributed by atoms with E-state index >= 15 is 0 Å². The van der Waals surface area contributed by atoms with E-state index in [1.807, 2.05) is 19.9 Å². The summed E-state index contributed by atoms with van der Waals surface area (Å²) in [6.07, 6.45) is 0.586. The van der Waals surface area contributed by atoms with Crippen molar-refractivity contribution >= 4 is 35.9 Å². The average molecular weight is 251 g/mol. The number of thiol groups is 1. The SMILES string of the molecule is CC(C)n1c(=O)[nH]c2c(N(S)C=O)cccc21. The topological polar surface area (TPSA) is 58.1 Å². The number of amides is 1. The van der Waals surface area contributed by atoms with E-state index in [2.05, 4.69) is 17.8 Å². The van der Waals surface area contributed by atoms with Gasteiger partial charge in [0.05, 0.1) is 16.7 Å². The van der Waals surface area contributed by atoms with Crippen LogP contribution in [0.25, 0.3) is 11.0 Å². The molecule has 0 aliphatic rings. The Balaban J connectivity index is 2.80. The molecular weight excluding hydrogens is 238 g/mol. The maximum atomic E-state index is 11.8. The van der Waals surface area contributed by atoms with Crippen molar-refractivity contribution in [2.24, 2.45) is 0 Å². The number of aromatic nitrogens is 2. The number of hydrogen-bond acceptors (Lipinski definition) is 3. The molecule has 0 aliphatic carbocycles. The van der Waals surface area contributed by atoms with Gasteiger partial charge in [-0.15, -0.1) is 0 Å². The lowest BCUT2D eigenvalue weighted by Gasteiger charge is -2.11. The molecule has 0 saturated carbocycles. The Morgan fingerprint density at radius 2 is 2.18 bits per heavy atom. The van der Waals surface area contributed by atoms with Crippen LogP contribution in [0.2, 0.25) is 0 Å². The monoisotopic (exact) mass is 251 g/mol. The van der Waals surface area contributed by atoms with Gasteiger partial charge in [-0.1, -0.05) is 18.9 Å². The molecule has 2 rings (SSSR count). The predicted molar refractivity (Wildman–Crippen MR) is 70.5 cm³/mol. The van der Waals surface area contributed by atoms with Gasteiger partial charge in [-0.05, 0) is 26.0 Å². The molecule has 0 atom stereocenters. The molecule has 1 heterocycles. The van der Waals surface area contributed by atoms with Gasteiger partial charge in [-0.2, -0.15) is 0 Å². The maximum absolute atomic E-state index is 11.8. The third kappa shape index (κ3) is 1.84. The first kappa shape index (κ1) is 11.8. The summed E-state index contributed by atoms with van der Waals surface area (Å²) in [5.74, 6) is 0. The highest BCUT2D eigenvalue weighted by atomic mass is 32.1. The largest absolute Gasteiger partial charge is 0.326 e. The van der Waals surface area contributed by atoms with Crippen molar-refractivity contribution in [2.45, 2.75) is 19.9 Å². The Morgan fingerprint density at radius 3 is 2.76 bits per heavy atom. The second-order valence-corrected chi connectivity index (χ2v) is 4.45. The number of nitrogens with zero attached hydrogens (tertiary/aromatic N) is 2. The number of hydrogen-bond donors (Lipinski definition) is 2. The molecule has 0 radical (unpaired) electrons. The minimum absolute atomic E-state index is 0.0519. The van der Waals surface area contributed by atoms with Crippen LogP contribution < -0.4 is 9.99 Å². The van der Waals surface area contributed by atoms with Crippen molar-refractivity contribution < 1.29 is 4.79 Å². The third-order valence-corrected chi connectivity index (χ3v) is 2.90. The van der Waals surface area contributed by atoms with E-state index in [1.54, 1.807) is 16.7 Å². The van der Waals surface area contributed by atoms with Gasteiger partial charge in [-0.25, -0.2) is 4.79 Å². The number of carbonyl (C=O) groups excluding carboxylic acids is 1. The fourth-order valence-corrected chi connectivity index (χ4v) is 2.06. The zero-order valence-corrected chi connectivity index (χ0v) is 10.4. The summed E-state index contributed by atoms with van der Waals surface area (Å²) in [6.45, 7) is 3.86. The molecule has 1 aromatic heterocycles. The molecule has 0 unspecified atom stereocenters. The molecule has 0 saturated heterocycles. The van der Waals surface area contributed by atoms with E-state index < -0.39 is 0 Å². The lowest BCUT2D eigenvalue weighted by Crippen LogP contribution is -2.18. The zero-order valence-electron chi connectivity index (χ0n) is 9.54. The van der Waals surface area contributed by atoms with E-state index in [4.69, 9.17) is 0 Å². The predicted octanol–water partition coefficient (Wildman–Crippen LogP) is 1.72. The van der Waals surface area contributed by atoms with E-state index in [1.165, 1.54) is 0 Å². The summed E-state index contributed by atoms with van der Waals surface area (Å²) < 4.78 is 2.79. The minimum atomic E-state index is -0.185. The number of carbonyl (C=O) groups is 1. The molecule has 1 amide bonds. The molecule has 0 fully saturated rings. The summed E-state index contributed by atoms with van der Waals surface area (Å²) in [5.41, 5.74) is 1.77. The van der Waals surface area contributed by atoms with Crippen LogP contribution in [0.15, 0.2) is 23.0 Å². The molecule has 2 aromatic rings. The highest BCUT2D eigenvalue weighted by Crippen LogP contribution is 2.25. The van der Waals surface area contributed by atoms with Crippen LogP contribution in [0.4, 0.5) is 5.69 Å². The number of fused-ring (bicyclic) bond motifs is 1. The summed E-state index contributed by atoms with van der Waals surface area (Å²) in [4.78, 5) is 25.3. The minimum Gasteiger partial charge on any atom is -0.304 e. The van der Waals surface area contributed by atoms with Gasteiger partial charge in [0.15, 0.2) is 0 Å². The van der Waals surface area contributed by atoms with E-state index in [-0.39, 0.29) is 11.7 Å². The number of anilines is 1. The molecule has 0 aliphatic heterocycles. The number of para-hydroxylation sites is 1. The molecule has 0 spiro atoms. The molecule has 90 valence electrons. The summed E-state index contributed by atoms with van der Waals surface area (Å²) >= 11 is 4.02. The number of rotatable bonds is 3. The lowest BCUT2D eigenvalue weighted by molar-refractivity contribution is -0.106. The van der Waals surface area contributed by atoms with E-state index in [0.717, 1.165) is 9.82 Å². The van der Waals surface area contributed by atoms with Crippen molar-refractivity contribution in [1.82, 2.24) is 9.55 Å². The van der Waals surface area contributed by atoms with Crippen LogP contribution in [0.5, 0.6) is 0 Å². The number of H-pyrrole nitrogens is 1. The van der Waals surface area contributed by atoms with Gasteiger partial charge in [0.25, 0.3) is 0 Å². The Kier molecular flexibility index (Phi) is 2.97. The summed E-state index contributed by atoms with van der Waals surface area (Å²) in [5, 5.41) is 0. The Bertz CT molecular complexity index is 615. The molecule has 5 nitrogen and oxygen atoms in total. The standard InChI is InChI=1S/C11H13N3O2S/c1-7(2)14-9-5-3-4-8(13(17)6-15)10(9)12-11(14)16/h3-7,17H,1-2H3,(H,12,16). The van der Waals surface area contributed by atoms with Crippen LogP contribution in [0.1, 0.15) is 19.9 Å². The van der Waals surface area contributed by atoms with E-state index in [9.17, 15) is 9.59 Å². The smallest absolute Gasteiger partial charge is 0.304 e. The third-order valence-electron chi connectivity index (χ3n) is 2.59. The number of benzene rings is 1. The highest BCUT2D eigenvalue weighted by molar-refractivity contribution is 7.82. The van der Waals surface area contributed by atoms with Gasteiger partial charge in [0.2, 0.25) is 6.41 Å². The Labute approximate surface area is 104 Å². The van der Waals surface area contributed by atoms with Crippen molar-refractivity contribution in [2.75, 3.05) is 4.31 Å². The Morgan fingerprint density at radius 1 is 1.47 bits per heavy atom. The maximum Gasteiger partial charge on any atom is 0.326 e. The van der Waals surface area contributed by atoms with Crippen LogP contribution in [-0.4, -0.2) is 16.0 Å². The second-order valence-electron chi connectivity index (χ2n) is 4.02. The van der Waals surface area contributed by atoms with Gasteiger partial charge in [0.1, 0.15) is 0 Å². The van der Waals surface area contributed by atoms with Crippen molar-refractivity contribution in [1.29, 1.82) is 0 Å². The van der Waals surface area contributed by atoms with Gasteiger partial charge in [0, 0.05) is 6.04 Å². The van der Waals surface area contributed by atoms with Crippen LogP contribution in [0, 0.1) is 0 Å². The van der Waals surface area contributed by atoms with Gasteiger partial charge < -0.3 is 4.98 Å². The lowest BCUT2D eigenvalue weighted by atomic mass is 10.2. The van der Waals surface area contributed by atoms with Crippen LogP contribution in [0.3, 0.4) is 0 Å². The molecule has 17 heavy (non-hydrogen) atoms. The quantitative estimate of drug-likeness (QED) is 0.644. The second kappa shape index (κ2) is 4.29. The highest BCUT2D eigenvalue weighted by Gasteiger charge is 2.14. The molecule has 1 aromatic carbocycles. The molecule has 0 bridgehead atoms. The van der Waals surface area contributed by atoms with Crippen molar-refractivity contribution in [3.8, 4) is 0 Å². The molecule has 6 heteroatoms. The first-order valence-corrected chi connectivity index (χ1v) is 5.63.